The van der Waals surface area contributed by atoms with Gasteiger partial charge < -0.3 is 24.5 Å². The monoisotopic (exact) mass is 426 g/mol. The summed E-state index contributed by atoms with van der Waals surface area (Å²) in [6, 6.07) is 6.97. The number of nitrogens with one attached hydrogen (secondary N) is 2. The minimum atomic E-state index is -0.936. The summed E-state index contributed by atoms with van der Waals surface area (Å²) in [6.45, 7) is 7.14. The average molecular weight is 426 g/mol. The molecule has 0 unspecified atom stereocenters. The summed E-state index contributed by atoms with van der Waals surface area (Å²) >= 11 is 0. The average Bonchev–Trinajstić information content (AvgIpc) is 2.72. The van der Waals surface area contributed by atoms with Gasteiger partial charge in [0, 0.05) is 23.0 Å². The Hall–Kier alpha value is -3.55. The van der Waals surface area contributed by atoms with Crippen molar-refractivity contribution in [3.05, 3.63) is 62.7 Å². The Morgan fingerprint density at radius 3 is 2.06 bits per heavy atom. The van der Waals surface area contributed by atoms with E-state index in [1.165, 1.54) is 0 Å². The normalized spacial score (nSPS) is 14.5. The van der Waals surface area contributed by atoms with E-state index < -0.39 is 23.4 Å². The third kappa shape index (κ3) is 4.19. The Labute approximate surface area is 179 Å². The van der Waals surface area contributed by atoms with Crippen molar-refractivity contribution in [3.63, 3.8) is 0 Å². The van der Waals surface area contributed by atoms with Crippen LogP contribution in [-0.2, 0) is 19.1 Å². The molecule has 2 N–H and O–H groups in total. The number of dihydropyridines is 1. The number of fused-ring (bicyclic) bond motifs is 1. The summed E-state index contributed by atoms with van der Waals surface area (Å²) in [7, 11) is 1.54. The van der Waals surface area contributed by atoms with Crippen molar-refractivity contribution < 1.29 is 23.8 Å². The van der Waals surface area contributed by atoms with Crippen LogP contribution in [-0.4, -0.2) is 37.2 Å². The fourth-order valence-electron chi connectivity index (χ4n) is 3.80. The van der Waals surface area contributed by atoms with Gasteiger partial charge in [0.15, 0.2) is 0 Å². The van der Waals surface area contributed by atoms with Crippen LogP contribution in [0.25, 0.3) is 10.9 Å². The zero-order valence-corrected chi connectivity index (χ0v) is 18.3. The second kappa shape index (κ2) is 9.07. The molecule has 2 aromatic rings. The molecule has 3 rings (SSSR count). The summed E-state index contributed by atoms with van der Waals surface area (Å²) in [4.78, 5) is 41.7. The van der Waals surface area contributed by atoms with Crippen LogP contribution in [0.3, 0.4) is 0 Å². The number of ether oxygens (including phenoxy) is 3. The molecule has 0 aliphatic carbocycles. The summed E-state index contributed by atoms with van der Waals surface area (Å²) in [5.41, 5.74) is 1.86. The lowest BCUT2D eigenvalue weighted by Gasteiger charge is -2.30. The highest BCUT2D eigenvalue weighted by atomic mass is 16.5. The molecule has 0 atom stereocenters. The van der Waals surface area contributed by atoms with Gasteiger partial charge in [-0.25, -0.2) is 9.59 Å². The molecule has 2 heterocycles. The number of esters is 2. The highest BCUT2D eigenvalue weighted by Crippen LogP contribution is 2.38. The Bertz CT molecular complexity index is 1120. The molecule has 0 amide bonds. The molecule has 0 bridgehead atoms. The predicted molar refractivity (Wildman–Crippen MR) is 116 cm³/mol. The van der Waals surface area contributed by atoms with Gasteiger partial charge >= 0.3 is 11.9 Å². The van der Waals surface area contributed by atoms with Crippen molar-refractivity contribution in [3.8, 4) is 5.75 Å². The number of pyridine rings is 1. The lowest BCUT2D eigenvalue weighted by molar-refractivity contribution is -0.139. The van der Waals surface area contributed by atoms with E-state index in [1.807, 2.05) is 0 Å². The molecule has 31 heavy (non-hydrogen) atoms. The van der Waals surface area contributed by atoms with Gasteiger partial charge in [-0.1, -0.05) is 0 Å². The summed E-state index contributed by atoms with van der Waals surface area (Å²) in [5.74, 6) is -1.53. The number of aromatic amines is 1. The lowest BCUT2D eigenvalue weighted by atomic mass is 9.80. The van der Waals surface area contributed by atoms with Crippen LogP contribution in [0, 0.1) is 0 Å². The minimum Gasteiger partial charge on any atom is -0.497 e. The van der Waals surface area contributed by atoms with Crippen molar-refractivity contribution >= 4 is 22.8 Å². The molecule has 164 valence electrons. The number of benzene rings is 1. The van der Waals surface area contributed by atoms with Gasteiger partial charge in [0.1, 0.15) is 5.75 Å². The Balaban J connectivity index is 2.27. The van der Waals surface area contributed by atoms with Crippen LogP contribution in [0.4, 0.5) is 0 Å². The molecule has 1 aromatic carbocycles. The summed E-state index contributed by atoms with van der Waals surface area (Å²) in [5, 5.41) is 3.79. The summed E-state index contributed by atoms with van der Waals surface area (Å²) < 4.78 is 15.7. The highest BCUT2D eigenvalue weighted by molar-refractivity contribution is 6.00. The van der Waals surface area contributed by atoms with Crippen molar-refractivity contribution in [1.29, 1.82) is 0 Å². The van der Waals surface area contributed by atoms with E-state index in [4.69, 9.17) is 14.2 Å². The number of methoxy groups -OCH3 is 1. The number of rotatable bonds is 6. The second-order valence-electron chi connectivity index (χ2n) is 7.08. The quantitative estimate of drug-likeness (QED) is 0.684. The van der Waals surface area contributed by atoms with Crippen molar-refractivity contribution in [1.82, 2.24) is 10.3 Å². The van der Waals surface area contributed by atoms with E-state index in [0.29, 0.717) is 22.7 Å². The fourth-order valence-corrected chi connectivity index (χ4v) is 3.80. The van der Waals surface area contributed by atoms with Gasteiger partial charge in [-0.3, -0.25) is 4.79 Å². The molecule has 0 saturated carbocycles. The molecule has 1 aliphatic rings. The Morgan fingerprint density at radius 2 is 1.55 bits per heavy atom. The fraction of sp³-hybridized carbons (Fsp3) is 0.348. The van der Waals surface area contributed by atoms with E-state index in [0.717, 1.165) is 5.39 Å². The number of hydrogen-bond donors (Lipinski definition) is 2. The maximum atomic E-state index is 13.1. The Kier molecular flexibility index (Phi) is 6.48. The molecule has 0 radical (unpaired) electrons. The SMILES string of the molecule is CCOC(=O)C1=C(C)NC(C)=C(C(=O)OCC)C1c1cc2ccc(OC)cc2[nH]c1=O. The maximum Gasteiger partial charge on any atom is 0.336 e. The zero-order chi connectivity index (χ0) is 22.7. The van der Waals surface area contributed by atoms with E-state index in [-0.39, 0.29) is 29.9 Å². The van der Waals surface area contributed by atoms with Gasteiger partial charge in [0.2, 0.25) is 0 Å². The molecule has 8 nitrogen and oxygen atoms in total. The molecule has 0 fully saturated rings. The first-order chi connectivity index (χ1) is 14.8. The van der Waals surface area contributed by atoms with Crippen LogP contribution >= 0.6 is 0 Å². The minimum absolute atomic E-state index is 0.160. The van der Waals surface area contributed by atoms with Crippen LogP contribution in [0.2, 0.25) is 0 Å². The lowest BCUT2D eigenvalue weighted by Crippen LogP contribution is -2.34. The molecule has 0 saturated heterocycles. The van der Waals surface area contributed by atoms with Gasteiger partial charge in [-0.2, -0.15) is 0 Å². The van der Waals surface area contributed by atoms with Crippen LogP contribution in [0.1, 0.15) is 39.2 Å². The number of aromatic nitrogens is 1. The molecule has 8 heteroatoms. The molecule has 0 spiro atoms. The van der Waals surface area contributed by atoms with Crippen LogP contribution < -0.4 is 15.6 Å². The van der Waals surface area contributed by atoms with E-state index in [2.05, 4.69) is 10.3 Å². The zero-order valence-electron chi connectivity index (χ0n) is 18.3. The van der Waals surface area contributed by atoms with Crippen LogP contribution in [0.15, 0.2) is 51.6 Å². The summed E-state index contributed by atoms with van der Waals surface area (Å²) in [6.07, 6.45) is 0. The highest BCUT2D eigenvalue weighted by Gasteiger charge is 2.39. The Morgan fingerprint density at radius 1 is 0.968 bits per heavy atom. The largest absolute Gasteiger partial charge is 0.497 e. The standard InChI is InChI=1S/C23H26N2O6/c1-6-30-22(27)18-12(3)24-13(4)19(23(28)31-7-2)20(18)16-10-14-8-9-15(29-5)11-17(14)25-21(16)26/h8-11,20,24H,6-7H2,1-5H3,(H,25,26). The third-order valence-corrected chi connectivity index (χ3v) is 5.14. The number of carbonyl (C=O) groups excluding carboxylic acids is 2. The van der Waals surface area contributed by atoms with E-state index in [1.54, 1.807) is 59.1 Å². The predicted octanol–water partition coefficient (Wildman–Crippen LogP) is 2.90. The van der Waals surface area contributed by atoms with Crippen molar-refractivity contribution in [2.24, 2.45) is 0 Å². The van der Waals surface area contributed by atoms with Crippen molar-refractivity contribution in [2.45, 2.75) is 33.6 Å². The van der Waals surface area contributed by atoms with E-state index >= 15 is 0 Å². The molecular weight excluding hydrogens is 400 g/mol. The smallest absolute Gasteiger partial charge is 0.336 e. The molecular formula is C23H26N2O6. The number of allylic oxidation sites excluding steroid dienone is 2. The first-order valence-electron chi connectivity index (χ1n) is 10.1. The number of carbonyl (C=O) groups is 2. The second-order valence-corrected chi connectivity index (χ2v) is 7.08. The number of H-pyrrole nitrogens is 1. The maximum absolute atomic E-state index is 13.1. The van der Waals surface area contributed by atoms with Gasteiger partial charge in [-0.15, -0.1) is 0 Å². The van der Waals surface area contributed by atoms with Gasteiger partial charge in [-0.05, 0) is 51.3 Å². The molecule has 1 aliphatic heterocycles. The van der Waals surface area contributed by atoms with E-state index in [9.17, 15) is 14.4 Å². The first-order valence-corrected chi connectivity index (χ1v) is 10.1. The molecule has 1 aromatic heterocycles. The van der Waals surface area contributed by atoms with Crippen molar-refractivity contribution in [2.75, 3.05) is 20.3 Å². The first kappa shape index (κ1) is 22.1. The van der Waals surface area contributed by atoms with Crippen LogP contribution in [0.5, 0.6) is 5.75 Å². The number of hydrogen-bond acceptors (Lipinski definition) is 7. The third-order valence-electron chi connectivity index (χ3n) is 5.14. The van der Waals surface area contributed by atoms with Gasteiger partial charge in [0.05, 0.1) is 42.9 Å². The van der Waals surface area contributed by atoms with Gasteiger partial charge in [0.25, 0.3) is 5.56 Å². The topological polar surface area (TPSA) is 107 Å².